The second-order valence-electron chi connectivity index (χ2n) is 6.35. The molecule has 3 rings (SSSR count). The molecule has 0 unspecified atom stereocenters. The van der Waals surface area contributed by atoms with Gasteiger partial charge in [-0.15, -0.1) is 0 Å². The molecule has 0 saturated carbocycles. The number of hydrogen-bond acceptors (Lipinski definition) is 5. The van der Waals surface area contributed by atoms with Crippen LogP contribution in [0.15, 0.2) is 35.4 Å². The van der Waals surface area contributed by atoms with Gasteiger partial charge in [-0.25, -0.2) is 9.48 Å². The lowest BCUT2D eigenvalue weighted by molar-refractivity contribution is 0.0566. The van der Waals surface area contributed by atoms with Crippen LogP contribution in [0.3, 0.4) is 0 Å². The van der Waals surface area contributed by atoms with Crippen LogP contribution in [0, 0.1) is 13.8 Å². The number of pyridine rings is 1. The summed E-state index contributed by atoms with van der Waals surface area (Å²) in [6.45, 7) is 0.534. The number of rotatable bonds is 5. The summed E-state index contributed by atoms with van der Waals surface area (Å²) in [7, 11) is 1.46. The normalized spacial score (nSPS) is 11.1. The Balaban J connectivity index is 2.41. The molecule has 3 N–H and O–H groups in total. The number of aromatic carboxylic acids is 1. The van der Waals surface area contributed by atoms with E-state index in [4.69, 9.17) is 10.5 Å². The van der Waals surface area contributed by atoms with Gasteiger partial charge in [0.2, 0.25) is 0 Å². The summed E-state index contributed by atoms with van der Waals surface area (Å²) in [5.74, 6) is -1.17. The van der Waals surface area contributed by atoms with E-state index in [0.29, 0.717) is 27.2 Å². The topological polar surface area (TPSA) is 112 Å². The van der Waals surface area contributed by atoms with Gasteiger partial charge in [-0.2, -0.15) is 13.9 Å². The molecule has 0 aliphatic rings. The Bertz CT molecular complexity index is 1170. The summed E-state index contributed by atoms with van der Waals surface area (Å²) in [6, 6.07) is 4.48. The summed E-state index contributed by atoms with van der Waals surface area (Å²) in [5.41, 5.74) is 6.54. The van der Waals surface area contributed by atoms with Gasteiger partial charge >= 0.3 is 12.5 Å². The number of anilines is 1. The molecule has 2 heterocycles. The highest BCUT2D eigenvalue weighted by Gasteiger charge is 2.23. The van der Waals surface area contributed by atoms with Gasteiger partial charge in [0.25, 0.3) is 5.56 Å². The van der Waals surface area contributed by atoms with Gasteiger partial charge in [-0.3, -0.25) is 9.36 Å². The molecule has 3 aromatic rings. The fourth-order valence-corrected chi connectivity index (χ4v) is 3.20. The van der Waals surface area contributed by atoms with Crippen LogP contribution in [-0.4, -0.2) is 32.5 Å². The Kier molecular flexibility index (Phi) is 5.10. The zero-order chi connectivity index (χ0) is 21.5. The van der Waals surface area contributed by atoms with Crippen molar-refractivity contribution < 1.29 is 23.4 Å². The van der Waals surface area contributed by atoms with Crippen molar-refractivity contribution in [1.29, 1.82) is 0 Å². The van der Waals surface area contributed by atoms with E-state index in [1.807, 2.05) is 0 Å². The molecule has 0 amide bonds. The second kappa shape index (κ2) is 7.38. The van der Waals surface area contributed by atoms with E-state index in [2.05, 4.69) is 5.10 Å². The molecule has 1 aromatic carbocycles. The number of methoxy groups -OCH3 is 1. The van der Waals surface area contributed by atoms with Crippen LogP contribution in [0.4, 0.5) is 14.6 Å². The number of aryl methyl sites for hydroxylation is 1. The number of hydrogen-bond donors (Lipinski definition) is 2. The van der Waals surface area contributed by atoms with E-state index in [9.17, 15) is 23.5 Å². The second-order valence-corrected chi connectivity index (χ2v) is 6.35. The number of carboxylic acid groups (broad SMARTS) is 1. The Hall–Kier alpha value is -3.69. The van der Waals surface area contributed by atoms with Gasteiger partial charge in [0.1, 0.15) is 17.1 Å². The number of halogens is 2. The maximum atomic E-state index is 13.3. The molecule has 10 heteroatoms. The highest BCUT2D eigenvalue weighted by molar-refractivity contribution is 5.94. The zero-order valence-electron chi connectivity index (χ0n) is 15.8. The highest BCUT2D eigenvalue weighted by atomic mass is 19.3. The van der Waals surface area contributed by atoms with Crippen molar-refractivity contribution in [2.75, 3.05) is 12.8 Å². The van der Waals surface area contributed by atoms with Crippen LogP contribution >= 0.6 is 0 Å². The van der Waals surface area contributed by atoms with Crippen molar-refractivity contribution in [3.63, 3.8) is 0 Å². The molecular weight excluding hydrogens is 386 g/mol. The van der Waals surface area contributed by atoms with E-state index >= 15 is 0 Å². The van der Waals surface area contributed by atoms with Gasteiger partial charge in [-0.05, 0) is 31.5 Å². The Labute approximate surface area is 163 Å². The number of nitrogens with zero attached hydrogens (tertiary/aromatic N) is 3. The summed E-state index contributed by atoms with van der Waals surface area (Å²) < 4.78 is 32.5. The number of carbonyl (C=O) groups is 1. The largest absolute Gasteiger partial charge is 0.496 e. The maximum absolute atomic E-state index is 13.3. The van der Waals surface area contributed by atoms with E-state index in [0.717, 1.165) is 23.0 Å². The lowest BCUT2D eigenvalue weighted by atomic mass is 10.0. The molecule has 8 nitrogen and oxygen atoms in total. The number of alkyl halides is 2. The monoisotopic (exact) mass is 404 g/mol. The first-order valence-corrected chi connectivity index (χ1v) is 8.43. The molecule has 2 aromatic heterocycles. The van der Waals surface area contributed by atoms with Crippen molar-refractivity contribution in [3.05, 3.63) is 57.6 Å². The van der Waals surface area contributed by atoms with Crippen molar-refractivity contribution in [2.24, 2.45) is 0 Å². The molecular formula is C19H18F2N4O4. The molecule has 29 heavy (non-hydrogen) atoms. The first kappa shape index (κ1) is 20.1. The Morgan fingerprint density at radius 1 is 1.31 bits per heavy atom. The van der Waals surface area contributed by atoms with Crippen LogP contribution in [0.25, 0.3) is 16.8 Å². The number of benzene rings is 1. The van der Waals surface area contributed by atoms with Crippen molar-refractivity contribution in [3.8, 4) is 22.6 Å². The molecule has 0 atom stereocenters. The minimum absolute atomic E-state index is 0.0461. The minimum atomic E-state index is -2.90. The van der Waals surface area contributed by atoms with Crippen LogP contribution in [0.5, 0.6) is 5.75 Å². The lowest BCUT2D eigenvalue weighted by Gasteiger charge is -2.19. The van der Waals surface area contributed by atoms with Gasteiger partial charge in [0.05, 0.1) is 24.6 Å². The van der Waals surface area contributed by atoms with Gasteiger partial charge in [0.15, 0.2) is 0 Å². The number of carboxylic acids is 1. The third kappa shape index (κ3) is 3.33. The average molecular weight is 404 g/mol. The Morgan fingerprint density at radius 3 is 2.55 bits per heavy atom. The molecule has 0 saturated heterocycles. The van der Waals surface area contributed by atoms with Gasteiger partial charge in [-0.1, -0.05) is 6.07 Å². The first-order chi connectivity index (χ1) is 13.7. The first-order valence-electron chi connectivity index (χ1n) is 8.43. The summed E-state index contributed by atoms with van der Waals surface area (Å²) >= 11 is 0. The maximum Gasteiger partial charge on any atom is 0.339 e. The molecule has 0 fully saturated rings. The Morgan fingerprint density at radius 2 is 2.00 bits per heavy atom. The highest BCUT2D eigenvalue weighted by Crippen LogP contribution is 2.30. The SMILES string of the molecule is COc1ccc(C)c(-n2c(N)c(C(=O)O)cc(-c3cnn(C(F)F)c3)c2=O)c1C. The molecule has 0 aliphatic carbocycles. The van der Waals surface area contributed by atoms with Crippen LogP contribution in [-0.2, 0) is 0 Å². The van der Waals surface area contributed by atoms with Crippen LogP contribution < -0.4 is 16.0 Å². The molecule has 0 radical (unpaired) electrons. The average Bonchev–Trinajstić information content (AvgIpc) is 3.14. The lowest BCUT2D eigenvalue weighted by Crippen LogP contribution is -2.27. The van der Waals surface area contributed by atoms with E-state index in [1.54, 1.807) is 26.0 Å². The molecule has 152 valence electrons. The quantitative estimate of drug-likeness (QED) is 0.676. The number of nitrogen functional groups attached to an aromatic ring is 1. The van der Waals surface area contributed by atoms with Crippen molar-refractivity contribution in [1.82, 2.24) is 14.3 Å². The predicted octanol–water partition coefficient (Wildman–Crippen LogP) is 3.00. The standard InChI is InChI=1S/C19H18F2N4O4/c1-9-4-5-14(29-3)10(2)15(9)25-16(22)13(18(27)28)6-12(17(25)26)11-7-23-24(8-11)19(20)21/h4-8,19H,22H2,1-3H3,(H,27,28). The zero-order valence-corrected chi connectivity index (χ0v) is 15.8. The van der Waals surface area contributed by atoms with E-state index in [1.165, 1.54) is 7.11 Å². The summed E-state index contributed by atoms with van der Waals surface area (Å²) in [5, 5.41) is 13.1. The summed E-state index contributed by atoms with van der Waals surface area (Å²) in [4.78, 5) is 25.0. The van der Waals surface area contributed by atoms with Crippen LogP contribution in [0.2, 0.25) is 0 Å². The van der Waals surface area contributed by atoms with E-state index < -0.39 is 18.1 Å². The molecule has 0 spiro atoms. The summed E-state index contributed by atoms with van der Waals surface area (Å²) in [6.07, 6.45) is 2.04. The number of aromatic nitrogens is 3. The third-order valence-electron chi connectivity index (χ3n) is 4.61. The number of nitrogens with two attached hydrogens (primary N) is 1. The third-order valence-corrected chi connectivity index (χ3v) is 4.61. The van der Waals surface area contributed by atoms with Crippen molar-refractivity contribution in [2.45, 2.75) is 20.4 Å². The molecule has 0 bridgehead atoms. The smallest absolute Gasteiger partial charge is 0.339 e. The fraction of sp³-hybridized carbons (Fsp3) is 0.211. The van der Waals surface area contributed by atoms with Crippen LogP contribution in [0.1, 0.15) is 28.0 Å². The van der Waals surface area contributed by atoms with Gasteiger partial charge in [0, 0.05) is 17.3 Å². The fourth-order valence-electron chi connectivity index (χ4n) is 3.20. The number of ether oxygens (including phenoxy) is 1. The van der Waals surface area contributed by atoms with E-state index in [-0.39, 0.29) is 22.5 Å². The minimum Gasteiger partial charge on any atom is -0.496 e. The van der Waals surface area contributed by atoms with Crippen molar-refractivity contribution >= 4 is 11.8 Å². The predicted molar refractivity (Wildman–Crippen MR) is 102 cm³/mol. The van der Waals surface area contributed by atoms with Gasteiger partial charge < -0.3 is 15.6 Å². The molecule has 0 aliphatic heterocycles.